The molecule has 1 aliphatic heterocycles. The second-order valence-electron chi connectivity index (χ2n) is 7.85. The van der Waals surface area contributed by atoms with Gasteiger partial charge in [0.2, 0.25) is 0 Å². The van der Waals surface area contributed by atoms with Gasteiger partial charge in [0.1, 0.15) is 0 Å². The van der Waals surface area contributed by atoms with Crippen LogP contribution in [-0.2, 0) is 6.42 Å². The fourth-order valence-electron chi connectivity index (χ4n) is 4.01. The van der Waals surface area contributed by atoms with E-state index in [4.69, 9.17) is 9.47 Å². The van der Waals surface area contributed by atoms with Gasteiger partial charge in [0.25, 0.3) is 5.91 Å². The highest BCUT2D eigenvalue weighted by molar-refractivity contribution is 7.12. The average Bonchev–Trinajstić information content (AvgIpc) is 3.37. The van der Waals surface area contributed by atoms with Gasteiger partial charge in [0.15, 0.2) is 11.5 Å². The summed E-state index contributed by atoms with van der Waals surface area (Å²) in [5.74, 6) is 1.08. The van der Waals surface area contributed by atoms with Crippen LogP contribution in [0.25, 0.3) is 0 Å². The van der Waals surface area contributed by atoms with Crippen molar-refractivity contribution in [3.05, 3.63) is 75.5 Å². The smallest absolute Gasteiger partial charge is 0.322 e. The second kappa shape index (κ2) is 9.95. The van der Waals surface area contributed by atoms with E-state index >= 15 is 0 Å². The SMILES string of the molecule is COc1cc2c(cc1OC)C(CNC(=O)c1cccs1)N(C(=O)Nc1ccc(C)cc1)CC2. The van der Waals surface area contributed by atoms with Gasteiger partial charge < -0.3 is 25.0 Å². The fraction of sp³-hybridized carbons (Fsp3) is 0.280. The summed E-state index contributed by atoms with van der Waals surface area (Å²) in [6.45, 7) is 2.79. The molecule has 1 aromatic heterocycles. The first-order chi connectivity index (χ1) is 16.0. The predicted molar refractivity (Wildman–Crippen MR) is 130 cm³/mol. The van der Waals surface area contributed by atoms with Crippen LogP contribution < -0.4 is 20.1 Å². The summed E-state index contributed by atoms with van der Waals surface area (Å²) in [6.07, 6.45) is 0.673. The molecule has 8 heteroatoms. The van der Waals surface area contributed by atoms with Crippen LogP contribution in [0.2, 0.25) is 0 Å². The minimum atomic E-state index is -0.358. The number of ether oxygens (including phenoxy) is 2. The van der Waals surface area contributed by atoms with Crippen LogP contribution in [0, 0.1) is 6.92 Å². The highest BCUT2D eigenvalue weighted by Gasteiger charge is 2.32. The van der Waals surface area contributed by atoms with E-state index in [-0.39, 0.29) is 24.5 Å². The number of nitrogens with one attached hydrogen (secondary N) is 2. The summed E-state index contributed by atoms with van der Waals surface area (Å²) >= 11 is 1.38. The molecule has 172 valence electrons. The van der Waals surface area contributed by atoms with E-state index in [1.165, 1.54) is 11.3 Å². The Morgan fingerprint density at radius 3 is 2.48 bits per heavy atom. The third-order valence-electron chi connectivity index (χ3n) is 5.77. The van der Waals surface area contributed by atoms with Crippen molar-refractivity contribution in [3.63, 3.8) is 0 Å². The summed E-state index contributed by atoms with van der Waals surface area (Å²) in [7, 11) is 3.19. The Morgan fingerprint density at radius 2 is 1.82 bits per heavy atom. The molecule has 1 unspecified atom stereocenters. The number of aryl methyl sites for hydroxylation is 1. The van der Waals surface area contributed by atoms with Gasteiger partial charge in [-0.3, -0.25) is 4.79 Å². The predicted octanol–water partition coefficient (Wildman–Crippen LogP) is 4.64. The average molecular weight is 466 g/mol. The Labute approximate surface area is 197 Å². The van der Waals surface area contributed by atoms with Crippen LogP contribution in [0.4, 0.5) is 10.5 Å². The Hall–Kier alpha value is -3.52. The normalized spacial score (nSPS) is 14.9. The lowest BCUT2D eigenvalue weighted by molar-refractivity contribution is 0.0940. The molecule has 1 aliphatic rings. The van der Waals surface area contributed by atoms with Crippen LogP contribution in [0.3, 0.4) is 0 Å². The van der Waals surface area contributed by atoms with Gasteiger partial charge >= 0.3 is 6.03 Å². The Morgan fingerprint density at radius 1 is 1.09 bits per heavy atom. The van der Waals surface area contributed by atoms with Crippen molar-refractivity contribution in [1.29, 1.82) is 0 Å². The van der Waals surface area contributed by atoms with E-state index in [1.807, 2.05) is 54.8 Å². The van der Waals surface area contributed by atoms with Crippen LogP contribution in [0.5, 0.6) is 11.5 Å². The molecule has 0 bridgehead atoms. The molecule has 33 heavy (non-hydrogen) atoms. The molecule has 1 atom stereocenters. The molecule has 2 N–H and O–H groups in total. The number of nitrogens with zero attached hydrogens (tertiary/aromatic N) is 1. The van der Waals surface area contributed by atoms with Gasteiger partial charge in [-0.25, -0.2) is 4.79 Å². The number of benzene rings is 2. The zero-order valence-electron chi connectivity index (χ0n) is 18.9. The molecule has 3 amide bonds. The first-order valence-electron chi connectivity index (χ1n) is 10.7. The standard InChI is InChI=1S/C25H27N3O4S/c1-16-6-8-18(9-7-16)27-25(30)28-11-10-17-13-21(31-2)22(32-3)14-19(17)20(28)15-26-24(29)23-5-4-12-33-23/h4-9,12-14,20H,10-11,15H2,1-3H3,(H,26,29)(H,27,30). The zero-order chi connectivity index (χ0) is 23.4. The van der Waals surface area contributed by atoms with Crippen molar-refractivity contribution in [3.8, 4) is 11.5 Å². The highest BCUT2D eigenvalue weighted by atomic mass is 32.1. The van der Waals surface area contributed by atoms with Crippen LogP contribution in [0.1, 0.15) is 32.4 Å². The van der Waals surface area contributed by atoms with Gasteiger partial charge in [0, 0.05) is 18.8 Å². The number of hydrogen-bond acceptors (Lipinski definition) is 5. The third-order valence-corrected chi connectivity index (χ3v) is 6.64. The number of amides is 3. The lowest BCUT2D eigenvalue weighted by Gasteiger charge is -2.37. The maximum atomic E-state index is 13.3. The molecule has 0 fully saturated rings. The van der Waals surface area contributed by atoms with E-state index in [0.29, 0.717) is 29.3 Å². The fourth-order valence-corrected chi connectivity index (χ4v) is 4.65. The van der Waals surface area contributed by atoms with Crippen molar-refractivity contribution in [2.45, 2.75) is 19.4 Å². The van der Waals surface area contributed by atoms with E-state index in [2.05, 4.69) is 10.6 Å². The van der Waals surface area contributed by atoms with Crippen LogP contribution in [0.15, 0.2) is 53.9 Å². The molecule has 0 saturated carbocycles. The molecule has 7 nitrogen and oxygen atoms in total. The summed E-state index contributed by atoms with van der Waals surface area (Å²) < 4.78 is 11.0. The third kappa shape index (κ3) is 4.96. The Bertz CT molecular complexity index is 1130. The van der Waals surface area contributed by atoms with Crippen molar-refractivity contribution >= 4 is 29.0 Å². The summed E-state index contributed by atoms with van der Waals surface area (Å²) in [4.78, 5) is 28.3. The van der Waals surface area contributed by atoms with E-state index in [0.717, 1.165) is 22.4 Å². The van der Waals surface area contributed by atoms with Gasteiger partial charge in [-0.05, 0) is 60.2 Å². The molecule has 3 aromatic rings. The Kier molecular flexibility index (Phi) is 6.84. The first kappa shape index (κ1) is 22.7. The molecule has 0 spiro atoms. The molecule has 0 saturated heterocycles. The molecule has 0 aliphatic carbocycles. The van der Waals surface area contributed by atoms with Crippen molar-refractivity contribution in [2.24, 2.45) is 0 Å². The quantitative estimate of drug-likeness (QED) is 0.556. The molecular weight excluding hydrogens is 438 g/mol. The number of methoxy groups -OCH3 is 2. The van der Waals surface area contributed by atoms with Crippen LogP contribution >= 0.6 is 11.3 Å². The van der Waals surface area contributed by atoms with E-state index < -0.39 is 0 Å². The molecule has 4 rings (SSSR count). The number of rotatable bonds is 6. The van der Waals surface area contributed by atoms with E-state index in [9.17, 15) is 9.59 Å². The number of thiophene rings is 1. The van der Waals surface area contributed by atoms with Crippen molar-refractivity contribution in [2.75, 3.05) is 32.6 Å². The molecule has 2 heterocycles. The Balaban J connectivity index is 1.62. The summed E-state index contributed by atoms with van der Waals surface area (Å²) in [5.41, 5.74) is 3.85. The lowest BCUT2D eigenvalue weighted by atomic mass is 9.91. The highest BCUT2D eigenvalue weighted by Crippen LogP contribution is 2.38. The number of urea groups is 1. The van der Waals surface area contributed by atoms with Crippen molar-refractivity contribution < 1.29 is 19.1 Å². The molecule has 2 aromatic carbocycles. The topological polar surface area (TPSA) is 79.9 Å². The maximum Gasteiger partial charge on any atom is 0.322 e. The van der Waals surface area contributed by atoms with Crippen LogP contribution in [-0.4, -0.2) is 44.1 Å². The summed E-state index contributed by atoms with van der Waals surface area (Å²) in [5, 5.41) is 7.85. The van der Waals surface area contributed by atoms with Gasteiger partial charge in [-0.1, -0.05) is 23.8 Å². The molecule has 0 radical (unpaired) electrons. The monoisotopic (exact) mass is 465 g/mol. The zero-order valence-corrected chi connectivity index (χ0v) is 19.7. The largest absolute Gasteiger partial charge is 0.493 e. The molecular formula is C25H27N3O4S. The maximum absolute atomic E-state index is 13.3. The first-order valence-corrected chi connectivity index (χ1v) is 11.6. The number of carbonyl (C=O) groups excluding carboxylic acids is 2. The van der Waals surface area contributed by atoms with Gasteiger partial charge in [0.05, 0.1) is 25.1 Å². The van der Waals surface area contributed by atoms with E-state index in [1.54, 1.807) is 25.2 Å². The van der Waals surface area contributed by atoms with Crippen molar-refractivity contribution in [1.82, 2.24) is 10.2 Å². The number of hydrogen-bond donors (Lipinski definition) is 2. The number of carbonyl (C=O) groups is 2. The number of anilines is 1. The van der Waals surface area contributed by atoms with Gasteiger partial charge in [-0.15, -0.1) is 11.3 Å². The van der Waals surface area contributed by atoms with Gasteiger partial charge in [-0.2, -0.15) is 0 Å². The minimum Gasteiger partial charge on any atom is -0.493 e. The number of fused-ring (bicyclic) bond motifs is 1. The minimum absolute atomic E-state index is 0.156. The summed E-state index contributed by atoms with van der Waals surface area (Å²) in [6, 6.07) is 14.6. The lowest BCUT2D eigenvalue weighted by Crippen LogP contribution is -2.46. The second-order valence-corrected chi connectivity index (χ2v) is 8.80.